The van der Waals surface area contributed by atoms with Gasteiger partial charge in [0.2, 0.25) is 0 Å². The molecule has 20 heavy (non-hydrogen) atoms. The highest BCUT2D eigenvalue weighted by Gasteiger charge is 2.17. The number of benzene rings is 1. The number of carbonyl (C=O) groups is 1. The minimum atomic E-state index is -0.483. The maximum Gasteiger partial charge on any atom is 0.274 e. The van der Waals surface area contributed by atoms with Crippen LogP contribution in [0.4, 0.5) is 5.69 Å². The first-order valence-electron chi connectivity index (χ1n) is 6.40. The first-order chi connectivity index (χ1) is 9.58. The van der Waals surface area contributed by atoms with Crippen LogP contribution in [0, 0.1) is 17.0 Å². The van der Waals surface area contributed by atoms with E-state index in [4.69, 9.17) is 9.57 Å². The molecular weight excluding hydrogens is 264 g/mol. The second kappa shape index (κ2) is 6.44. The van der Waals surface area contributed by atoms with Gasteiger partial charge >= 0.3 is 0 Å². The zero-order chi connectivity index (χ0) is 14.5. The lowest BCUT2D eigenvalue weighted by Crippen LogP contribution is -2.33. The monoisotopic (exact) mass is 280 g/mol. The largest absolute Gasteiger partial charge is 0.350 e. The summed E-state index contributed by atoms with van der Waals surface area (Å²) in [5, 5.41) is 10.7. The Labute approximate surface area is 116 Å². The molecule has 1 aliphatic rings. The molecule has 0 radical (unpaired) electrons. The summed E-state index contributed by atoms with van der Waals surface area (Å²) in [4.78, 5) is 27.2. The molecule has 1 heterocycles. The van der Waals surface area contributed by atoms with Gasteiger partial charge in [0.15, 0.2) is 6.29 Å². The Hall–Kier alpha value is -1.99. The van der Waals surface area contributed by atoms with Gasteiger partial charge in [0.25, 0.3) is 11.6 Å². The van der Waals surface area contributed by atoms with Crippen molar-refractivity contribution in [3.63, 3.8) is 0 Å². The number of amides is 1. The number of rotatable bonds is 4. The lowest BCUT2D eigenvalue weighted by atomic mass is 10.1. The van der Waals surface area contributed by atoms with E-state index in [9.17, 15) is 14.9 Å². The van der Waals surface area contributed by atoms with E-state index in [1.54, 1.807) is 6.92 Å². The van der Waals surface area contributed by atoms with Gasteiger partial charge in [-0.2, -0.15) is 0 Å². The Balaban J connectivity index is 1.95. The van der Waals surface area contributed by atoms with Gasteiger partial charge < -0.3 is 4.74 Å². The number of aryl methyl sites for hydroxylation is 1. The third-order valence-corrected chi connectivity index (χ3v) is 3.08. The normalized spacial score (nSPS) is 18.6. The molecule has 2 rings (SSSR count). The van der Waals surface area contributed by atoms with E-state index in [1.165, 1.54) is 18.2 Å². The fraction of sp³-hybridized carbons (Fsp3) is 0.462. The van der Waals surface area contributed by atoms with Crippen LogP contribution in [0.3, 0.4) is 0 Å². The fourth-order valence-electron chi connectivity index (χ4n) is 1.98. The Kier molecular flexibility index (Phi) is 4.65. The van der Waals surface area contributed by atoms with E-state index in [1.807, 2.05) is 0 Å². The van der Waals surface area contributed by atoms with Crippen molar-refractivity contribution in [3.8, 4) is 0 Å². The maximum absolute atomic E-state index is 11.9. The molecule has 1 amide bonds. The van der Waals surface area contributed by atoms with E-state index < -0.39 is 17.1 Å². The lowest BCUT2D eigenvalue weighted by molar-refractivity contribution is -0.385. The number of nitrogens with one attached hydrogen (secondary N) is 1. The number of nitrogens with zero attached hydrogens (tertiary/aromatic N) is 1. The van der Waals surface area contributed by atoms with Crippen LogP contribution in [0.5, 0.6) is 0 Å². The minimum absolute atomic E-state index is 0.0157. The number of nitro groups is 1. The van der Waals surface area contributed by atoms with Crippen molar-refractivity contribution >= 4 is 11.6 Å². The van der Waals surface area contributed by atoms with E-state index in [0.717, 1.165) is 19.3 Å². The van der Waals surface area contributed by atoms with Crippen LogP contribution in [0.25, 0.3) is 0 Å². The molecule has 1 unspecified atom stereocenters. The van der Waals surface area contributed by atoms with Gasteiger partial charge in [0.05, 0.1) is 4.92 Å². The van der Waals surface area contributed by atoms with Crippen LogP contribution in [0.1, 0.15) is 35.2 Å². The fourth-order valence-corrected chi connectivity index (χ4v) is 1.98. The Bertz CT molecular complexity index is 511. The molecule has 0 spiro atoms. The Morgan fingerprint density at radius 2 is 2.30 bits per heavy atom. The number of nitro benzene ring substituents is 1. The SMILES string of the molecule is Cc1cc(C(=O)NOC2CCCCO2)ccc1[N+](=O)[O-]. The summed E-state index contributed by atoms with van der Waals surface area (Å²) in [7, 11) is 0. The standard InChI is InChI=1S/C13H16N2O5/c1-9-8-10(5-6-11(9)15(17)18)13(16)14-20-12-4-2-3-7-19-12/h5-6,8,12H,2-4,7H2,1H3,(H,14,16). The summed E-state index contributed by atoms with van der Waals surface area (Å²) in [5.41, 5.74) is 3.03. The van der Waals surface area contributed by atoms with Crippen molar-refractivity contribution in [2.24, 2.45) is 0 Å². The zero-order valence-corrected chi connectivity index (χ0v) is 11.1. The molecule has 108 valence electrons. The van der Waals surface area contributed by atoms with Crippen molar-refractivity contribution < 1.29 is 19.3 Å². The van der Waals surface area contributed by atoms with Crippen LogP contribution in [0.15, 0.2) is 18.2 Å². The summed E-state index contributed by atoms with van der Waals surface area (Å²) in [6.07, 6.45) is 2.30. The molecule has 1 saturated heterocycles. The smallest absolute Gasteiger partial charge is 0.274 e. The highest BCUT2D eigenvalue weighted by molar-refractivity contribution is 5.94. The third kappa shape index (κ3) is 3.52. The van der Waals surface area contributed by atoms with Gasteiger partial charge in [-0.05, 0) is 31.9 Å². The summed E-state index contributed by atoms with van der Waals surface area (Å²) < 4.78 is 5.31. The van der Waals surface area contributed by atoms with Crippen molar-refractivity contribution in [2.45, 2.75) is 32.5 Å². The second-order valence-electron chi connectivity index (χ2n) is 4.60. The molecule has 1 aromatic carbocycles. The average Bonchev–Trinajstić information content (AvgIpc) is 2.45. The summed E-state index contributed by atoms with van der Waals surface area (Å²) >= 11 is 0. The summed E-state index contributed by atoms with van der Waals surface area (Å²) in [6, 6.07) is 4.16. The van der Waals surface area contributed by atoms with E-state index >= 15 is 0 Å². The third-order valence-electron chi connectivity index (χ3n) is 3.08. The van der Waals surface area contributed by atoms with Crippen molar-refractivity contribution in [1.29, 1.82) is 0 Å². The number of hydrogen-bond acceptors (Lipinski definition) is 5. The number of carbonyl (C=O) groups excluding carboxylic acids is 1. The van der Waals surface area contributed by atoms with Gasteiger partial charge in [-0.15, -0.1) is 0 Å². The van der Waals surface area contributed by atoms with Gasteiger partial charge in [-0.3, -0.25) is 14.9 Å². The molecule has 1 N–H and O–H groups in total. The molecule has 0 bridgehead atoms. The summed E-state index contributed by atoms with van der Waals surface area (Å²) in [6.45, 7) is 2.21. The Morgan fingerprint density at radius 1 is 1.50 bits per heavy atom. The number of hydroxylamine groups is 1. The van der Waals surface area contributed by atoms with Crippen LogP contribution in [0.2, 0.25) is 0 Å². The molecular formula is C13H16N2O5. The molecule has 0 saturated carbocycles. The quantitative estimate of drug-likeness (QED) is 0.673. The van der Waals surface area contributed by atoms with Gasteiger partial charge in [0.1, 0.15) is 0 Å². The van der Waals surface area contributed by atoms with Gasteiger partial charge in [0, 0.05) is 30.2 Å². The second-order valence-corrected chi connectivity index (χ2v) is 4.60. The van der Waals surface area contributed by atoms with Crippen LogP contribution >= 0.6 is 0 Å². The lowest BCUT2D eigenvalue weighted by Gasteiger charge is -2.22. The van der Waals surface area contributed by atoms with Crippen molar-refractivity contribution in [3.05, 3.63) is 39.4 Å². The van der Waals surface area contributed by atoms with Crippen molar-refractivity contribution in [1.82, 2.24) is 5.48 Å². The van der Waals surface area contributed by atoms with Crippen LogP contribution < -0.4 is 5.48 Å². The Morgan fingerprint density at radius 3 is 2.90 bits per heavy atom. The first-order valence-corrected chi connectivity index (χ1v) is 6.40. The average molecular weight is 280 g/mol. The maximum atomic E-state index is 11.9. The van der Waals surface area contributed by atoms with Crippen LogP contribution in [-0.2, 0) is 9.57 Å². The predicted octanol–water partition coefficient (Wildman–Crippen LogP) is 2.09. The molecule has 0 aromatic heterocycles. The molecule has 7 heteroatoms. The number of hydrogen-bond donors (Lipinski definition) is 1. The summed E-state index contributed by atoms with van der Waals surface area (Å²) in [5.74, 6) is -0.447. The number of ether oxygens (including phenoxy) is 1. The molecule has 0 aliphatic carbocycles. The predicted molar refractivity (Wildman–Crippen MR) is 70.0 cm³/mol. The van der Waals surface area contributed by atoms with Gasteiger partial charge in [-0.1, -0.05) is 0 Å². The van der Waals surface area contributed by atoms with E-state index in [2.05, 4.69) is 5.48 Å². The highest BCUT2D eigenvalue weighted by Crippen LogP contribution is 2.19. The van der Waals surface area contributed by atoms with Crippen LogP contribution in [-0.4, -0.2) is 23.7 Å². The topological polar surface area (TPSA) is 90.7 Å². The highest BCUT2D eigenvalue weighted by atomic mass is 16.8. The van der Waals surface area contributed by atoms with Crippen molar-refractivity contribution in [2.75, 3.05) is 6.61 Å². The molecule has 1 fully saturated rings. The first kappa shape index (κ1) is 14.4. The van der Waals surface area contributed by atoms with E-state index in [-0.39, 0.29) is 5.69 Å². The van der Waals surface area contributed by atoms with E-state index in [0.29, 0.717) is 17.7 Å². The molecule has 7 nitrogen and oxygen atoms in total. The minimum Gasteiger partial charge on any atom is -0.350 e. The van der Waals surface area contributed by atoms with Gasteiger partial charge in [-0.25, -0.2) is 10.3 Å². The molecule has 1 aliphatic heterocycles. The molecule has 1 aromatic rings. The zero-order valence-electron chi connectivity index (χ0n) is 11.1. The molecule has 1 atom stereocenters.